The van der Waals surface area contributed by atoms with Gasteiger partial charge in [-0.2, -0.15) is 0 Å². The summed E-state index contributed by atoms with van der Waals surface area (Å²) >= 11 is 3.45. The molecule has 104 valence electrons. The Labute approximate surface area is 122 Å². The second kappa shape index (κ2) is 6.03. The van der Waals surface area contributed by atoms with Crippen molar-refractivity contribution >= 4 is 27.5 Å². The molecule has 2 N–H and O–H groups in total. The normalized spacial score (nSPS) is 25.5. The lowest BCUT2D eigenvalue weighted by Crippen LogP contribution is -2.50. The van der Waals surface area contributed by atoms with E-state index in [0.29, 0.717) is 12.6 Å². The van der Waals surface area contributed by atoms with Crippen molar-refractivity contribution in [2.24, 2.45) is 5.73 Å². The number of carbonyl (C=O) groups excluding carboxylic acids is 1. The molecule has 1 aromatic rings. The van der Waals surface area contributed by atoms with Crippen molar-refractivity contribution in [3.63, 3.8) is 0 Å². The monoisotopic (exact) mass is 325 g/mol. The quantitative estimate of drug-likeness (QED) is 0.902. The molecule has 0 aromatic heterocycles. The minimum absolute atomic E-state index is 0.0902. The Morgan fingerprint density at radius 1 is 1.47 bits per heavy atom. The Balaban J connectivity index is 2.32. The maximum Gasteiger partial charge on any atom is 0.245 e. The van der Waals surface area contributed by atoms with Crippen LogP contribution in [0.4, 0.5) is 5.69 Å². The number of rotatable bonds is 2. The van der Waals surface area contributed by atoms with Gasteiger partial charge in [-0.05, 0) is 38.6 Å². The van der Waals surface area contributed by atoms with Gasteiger partial charge in [0.1, 0.15) is 6.04 Å². The van der Waals surface area contributed by atoms with Gasteiger partial charge in [-0.25, -0.2) is 0 Å². The van der Waals surface area contributed by atoms with Crippen LogP contribution in [0.1, 0.15) is 13.3 Å². The van der Waals surface area contributed by atoms with Gasteiger partial charge in [-0.15, -0.1) is 0 Å². The van der Waals surface area contributed by atoms with Gasteiger partial charge in [0.25, 0.3) is 0 Å². The van der Waals surface area contributed by atoms with Crippen LogP contribution in [-0.2, 0) is 4.79 Å². The number of anilines is 1. The molecule has 1 heterocycles. The highest BCUT2D eigenvalue weighted by Gasteiger charge is 2.33. The number of amides is 1. The molecule has 0 aliphatic carbocycles. The molecule has 0 radical (unpaired) electrons. The third kappa shape index (κ3) is 2.99. The van der Waals surface area contributed by atoms with E-state index in [0.717, 1.165) is 23.1 Å². The van der Waals surface area contributed by atoms with Crippen LogP contribution in [0.15, 0.2) is 28.7 Å². The summed E-state index contributed by atoms with van der Waals surface area (Å²) < 4.78 is 0.979. The molecule has 1 aliphatic rings. The van der Waals surface area contributed by atoms with Crippen molar-refractivity contribution in [1.29, 1.82) is 0 Å². The highest BCUT2D eigenvalue weighted by atomic mass is 79.9. The lowest BCUT2D eigenvalue weighted by Gasteiger charge is -2.29. The number of hydrogen-bond acceptors (Lipinski definition) is 3. The highest BCUT2D eigenvalue weighted by Crippen LogP contribution is 2.24. The van der Waals surface area contributed by atoms with Crippen molar-refractivity contribution < 1.29 is 4.79 Å². The van der Waals surface area contributed by atoms with Gasteiger partial charge in [0.05, 0.1) is 0 Å². The molecule has 1 fully saturated rings. The number of benzene rings is 1. The second-order valence-electron chi connectivity index (χ2n) is 5.02. The van der Waals surface area contributed by atoms with Crippen molar-refractivity contribution in [3.05, 3.63) is 28.7 Å². The van der Waals surface area contributed by atoms with E-state index >= 15 is 0 Å². The first-order valence-corrected chi connectivity index (χ1v) is 7.33. The molecule has 0 saturated carbocycles. The Bertz CT molecular complexity index is 466. The summed E-state index contributed by atoms with van der Waals surface area (Å²) in [6.07, 6.45) is 0.950. The number of carbonyl (C=O) groups is 1. The third-order valence-corrected chi connectivity index (χ3v) is 4.34. The van der Waals surface area contributed by atoms with Gasteiger partial charge in [0.2, 0.25) is 5.91 Å². The summed E-state index contributed by atoms with van der Waals surface area (Å²) in [5.41, 5.74) is 6.72. The van der Waals surface area contributed by atoms with E-state index in [9.17, 15) is 4.79 Å². The van der Waals surface area contributed by atoms with E-state index < -0.39 is 0 Å². The number of nitrogens with zero attached hydrogens (tertiary/aromatic N) is 2. The second-order valence-corrected chi connectivity index (χ2v) is 5.94. The Hall–Kier alpha value is -0.910. The minimum atomic E-state index is -0.239. The van der Waals surface area contributed by atoms with Crippen molar-refractivity contribution in [1.82, 2.24) is 4.90 Å². The van der Waals surface area contributed by atoms with Gasteiger partial charge in [0, 0.05) is 29.3 Å². The van der Waals surface area contributed by atoms with Crippen LogP contribution >= 0.6 is 15.9 Å². The molecule has 1 saturated heterocycles. The summed E-state index contributed by atoms with van der Waals surface area (Å²) in [6, 6.07) is 7.96. The summed E-state index contributed by atoms with van der Waals surface area (Å²) in [6.45, 7) is 3.22. The smallest absolute Gasteiger partial charge is 0.245 e. The van der Waals surface area contributed by atoms with Gasteiger partial charge in [-0.3, -0.25) is 9.69 Å². The molecule has 4 nitrogen and oxygen atoms in total. The fraction of sp³-hybridized carbons (Fsp3) is 0.500. The van der Waals surface area contributed by atoms with Crippen LogP contribution in [-0.4, -0.2) is 43.0 Å². The van der Waals surface area contributed by atoms with Crippen molar-refractivity contribution in [2.45, 2.75) is 25.4 Å². The number of likely N-dealkylation sites (N-methyl/N-ethyl adjacent to an activating group) is 1. The molecule has 2 rings (SSSR count). The zero-order valence-electron chi connectivity index (χ0n) is 11.3. The first kappa shape index (κ1) is 14.5. The van der Waals surface area contributed by atoms with E-state index in [4.69, 9.17) is 5.73 Å². The number of nitrogens with two attached hydrogens (primary N) is 1. The zero-order chi connectivity index (χ0) is 14.0. The van der Waals surface area contributed by atoms with E-state index in [1.807, 2.05) is 36.2 Å². The van der Waals surface area contributed by atoms with Crippen LogP contribution in [0.25, 0.3) is 0 Å². The lowest BCUT2D eigenvalue weighted by atomic mass is 10.2. The van der Waals surface area contributed by atoms with E-state index in [2.05, 4.69) is 27.8 Å². The van der Waals surface area contributed by atoms with Gasteiger partial charge in [-0.1, -0.05) is 22.0 Å². The van der Waals surface area contributed by atoms with Crippen molar-refractivity contribution in [2.75, 3.05) is 25.0 Å². The predicted molar refractivity (Wildman–Crippen MR) is 81.2 cm³/mol. The zero-order valence-corrected chi connectivity index (χ0v) is 12.9. The molecule has 0 spiro atoms. The van der Waals surface area contributed by atoms with Gasteiger partial charge >= 0.3 is 0 Å². The fourth-order valence-electron chi connectivity index (χ4n) is 2.46. The largest absolute Gasteiger partial charge is 0.328 e. The van der Waals surface area contributed by atoms with Crippen molar-refractivity contribution in [3.8, 4) is 0 Å². The maximum atomic E-state index is 12.6. The van der Waals surface area contributed by atoms with Crippen LogP contribution in [0.5, 0.6) is 0 Å². The average molecular weight is 326 g/mol. The number of hydrogen-bond donors (Lipinski definition) is 1. The number of halogens is 1. The molecular weight excluding hydrogens is 306 g/mol. The Morgan fingerprint density at radius 2 is 2.21 bits per heavy atom. The molecular formula is C14H20BrN3O. The molecule has 1 amide bonds. The van der Waals surface area contributed by atoms with E-state index in [1.165, 1.54) is 0 Å². The molecule has 2 unspecified atom stereocenters. The molecule has 2 atom stereocenters. The Kier molecular flexibility index (Phi) is 4.60. The first-order valence-electron chi connectivity index (χ1n) is 6.53. The summed E-state index contributed by atoms with van der Waals surface area (Å²) in [7, 11) is 1.98. The van der Waals surface area contributed by atoms with Crippen LogP contribution in [0.2, 0.25) is 0 Å². The fourth-order valence-corrected chi connectivity index (χ4v) is 2.85. The summed E-state index contributed by atoms with van der Waals surface area (Å²) in [5.74, 6) is 0.0902. The third-order valence-electron chi connectivity index (χ3n) is 3.85. The molecule has 19 heavy (non-hydrogen) atoms. The predicted octanol–water partition coefficient (Wildman–Crippen LogP) is 1.83. The highest BCUT2D eigenvalue weighted by molar-refractivity contribution is 9.10. The standard InChI is InChI=1S/C14H20BrN3O/c1-10-6-7-18(12-5-3-4-11(15)8-12)14(19)13(9-16)17(10)2/h3-5,8,10,13H,6-7,9,16H2,1-2H3. The van der Waals surface area contributed by atoms with Gasteiger partial charge in [0.15, 0.2) is 0 Å². The molecule has 5 heteroatoms. The van der Waals surface area contributed by atoms with E-state index in [-0.39, 0.29) is 11.9 Å². The maximum absolute atomic E-state index is 12.6. The Morgan fingerprint density at radius 3 is 2.84 bits per heavy atom. The molecule has 1 aliphatic heterocycles. The minimum Gasteiger partial charge on any atom is -0.328 e. The van der Waals surface area contributed by atoms with Crippen LogP contribution in [0, 0.1) is 0 Å². The van der Waals surface area contributed by atoms with Crippen LogP contribution < -0.4 is 10.6 Å². The van der Waals surface area contributed by atoms with Gasteiger partial charge < -0.3 is 10.6 Å². The van der Waals surface area contributed by atoms with E-state index in [1.54, 1.807) is 0 Å². The van der Waals surface area contributed by atoms with Crippen LogP contribution in [0.3, 0.4) is 0 Å². The average Bonchev–Trinajstić information content (AvgIpc) is 2.48. The molecule has 0 bridgehead atoms. The molecule has 1 aromatic carbocycles. The first-order chi connectivity index (χ1) is 9.04. The summed E-state index contributed by atoms with van der Waals surface area (Å²) in [4.78, 5) is 16.6. The SMILES string of the molecule is CC1CCN(c2cccc(Br)c2)C(=O)C(CN)N1C. The topological polar surface area (TPSA) is 49.6 Å². The summed E-state index contributed by atoms with van der Waals surface area (Å²) in [5, 5.41) is 0. The lowest BCUT2D eigenvalue weighted by molar-refractivity contribution is -0.122.